The molecule has 0 atom stereocenters. The van der Waals surface area contributed by atoms with Crippen LogP contribution in [-0.2, 0) is 0 Å². The zero-order valence-corrected chi connectivity index (χ0v) is 15.7. The van der Waals surface area contributed by atoms with Gasteiger partial charge in [-0.25, -0.2) is 0 Å². The predicted molar refractivity (Wildman–Crippen MR) is 107 cm³/mol. The summed E-state index contributed by atoms with van der Waals surface area (Å²) < 4.78 is 0. The molecule has 0 unspecified atom stereocenters. The van der Waals surface area contributed by atoms with Crippen LogP contribution >= 0.6 is 0 Å². The van der Waals surface area contributed by atoms with Gasteiger partial charge in [-0.05, 0) is 56.5 Å². The van der Waals surface area contributed by atoms with Gasteiger partial charge < -0.3 is 15.9 Å². The van der Waals surface area contributed by atoms with Gasteiger partial charge in [0, 0.05) is 22.7 Å². The third-order valence-electron chi connectivity index (χ3n) is 4.84. The Morgan fingerprint density at radius 1 is 0.692 bits per heavy atom. The molecule has 0 bridgehead atoms. The zero-order chi connectivity index (χ0) is 19.0. The van der Waals surface area contributed by atoms with Crippen molar-refractivity contribution in [3.63, 3.8) is 0 Å². The minimum atomic E-state index is -0.284. The fraction of sp³-hybridized carbons (Fsp3) is 0.217. The fourth-order valence-electron chi connectivity index (χ4n) is 3.64. The smallest absolute Gasteiger partial charge is 0.122 e. The predicted octanol–water partition coefficient (Wildman–Crippen LogP) is 5.09. The number of hydrogen-bond donors (Lipinski definition) is 3. The van der Waals surface area contributed by atoms with Crippen molar-refractivity contribution in [1.29, 1.82) is 0 Å². The molecule has 0 aromatic heterocycles. The van der Waals surface area contributed by atoms with Crippen molar-refractivity contribution in [2.75, 3.05) is 5.73 Å². The number of phenols is 2. The van der Waals surface area contributed by atoms with Crippen molar-refractivity contribution in [2.45, 2.75) is 33.6 Å². The van der Waals surface area contributed by atoms with Gasteiger partial charge >= 0.3 is 0 Å². The van der Waals surface area contributed by atoms with E-state index >= 15 is 0 Å². The van der Waals surface area contributed by atoms with Crippen LogP contribution in [0.4, 0.5) is 5.69 Å². The summed E-state index contributed by atoms with van der Waals surface area (Å²) in [5.41, 5.74) is 12.9. The van der Waals surface area contributed by atoms with Gasteiger partial charge in [0.2, 0.25) is 0 Å². The molecule has 0 aliphatic rings. The number of aryl methyl sites for hydroxylation is 4. The Bertz CT molecular complexity index is 901. The molecule has 0 amide bonds. The van der Waals surface area contributed by atoms with E-state index in [2.05, 4.69) is 0 Å². The Balaban J connectivity index is 2.33. The molecule has 3 aromatic carbocycles. The molecule has 134 valence electrons. The molecule has 3 aromatic rings. The summed E-state index contributed by atoms with van der Waals surface area (Å²) in [6.07, 6.45) is 0. The fourth-order valence-corrected chi connectivity index (χ4v) is 3.64. The second-order valence-corrected chi connectivity index (χ2v) is 7.14. The van der Waals surface area contributed by atoms with E-state index in [1.165, 1.54) is 0 Å². The second-order valence-electron chi connectivity index (χ2n) is 7.14. The number of benzene rings is 3. The summed E-state index contributed by atoms with van der Waals surface area (Å²) in [6.45, 7) is 7.81. The van der Waals surface area contributed by atoms with Crippen LogP contribution in [0.1, 0.15) is 44.9 Å². The SMILES string of the molecule is Cc1cc(C)c(O)c(C(c2ccc(N)cc2)c2cc(C)cc(C)c2O)c1. The van der Waals surface area contributed by atoms with Gasteiger partial charge in [-0.1, -0.05) is 47.5 Å². The first-order valence-electron chi connectivity index (χ1n) is 8.73. The number of phenolic OH excluding ortho intramolecular Hbond substituents is 2. The molecule has 4 N–H and O–H groups in total. The summed E-state index contributed by atoms with van der Waals surface area (Å²) >= 11 is 0. The maximum absolute atomic E-state index is 10.8. The van der Waals surface area contributed by atoms with Crippen molar-refractivity contribution >= 4 is 5.69 Å². The van der Waals surface area contributed by atoms with Crippen molar-refractivity contribution in [2.24, 2.45) is 0 Å². The van der Waals surface area contributed by atoms with Crippen LogP contribution in [0.3, 0.4) is 0 Å². The van der Waals surface area contributed by atoms with Crippen molar-refractivity contribution in [1.82, 2.24) is 0 Å². The molecular weight excluding hydrogens is 322 g/mol. The highest BCUT2D eigenvalue weighted by molar-refractivity contribution is 5.58. The molecule has 0 aliphatic carbocycles. The molecule has 0 saturated carbocycles. The molecule has 0 heterocycles. The van der Waals surface area contributed by atoms with Crippen LogP contribution in [-0.4, -0.2) is 10.2 Å². The highest BCUT2D eigenvalue weighted by atomic mass is 16.3. The van der Waals surface area contributed by atoms with Crippen LogP contribution in [0.25, 0.3) is 0 Å². The molecule has 26 heavy (non-hydrogen) atoms. The Morgan fingerprint density at radius 3 is 1.54 bits per heavy atom. The van der Waals surface area contributed by atoms with Gasteiger partial charge in [0.15, 0.2) is 0 Å². The molecule has 3 heteroatoms. The van der Waals surface area contributed by atoms with Crippen LogP contribution in [0.2, 0.25) is 0 Å². The molecule has 0 radical (unpaired) electrons. The first kappa shape index (κ1) is 17.9. The molecule has 3 nitrogen and oxygen atoms in total. The lowest BCUT2D eigenvalue weighted by molar-refractivity contribution is 0.454. The van der Waals surface area contributed by atoms with E-state index in [1.54, 1.807) is 0 Å². The number of nitrogen functional groups attached to an aromatic ring is 1. The van der Waals surface area contributed by atoms with Gasteiger partial charge in [0.1, 0.15) is 11.5 Å². The molecule has 0 spiro atoms. The van der Waals surface area contributed by atoms with E-state index < -0.39 is 0 Å². The van der Waals surface area contributed by atoms with Crippen molar-refractivity contribution in [3.8, 4) is 11.5 Å². The Hall–Kier alpha value is -2.94. The Kier molecular flexibility index (Phi) is 4.64. The summed E-state index contributed by atoms with van der Waals surface area (Å²) in [5.74, 6) is 0.236. The zero-order valence-electron chi connectivity index (χ0n) is 15.7. The standard InChI is InChI=1S/C23H25NO2/c1-13-9-15(3)22(25)19(11-13)21(17-5-7-18(24)8-6-17)20-12-14(2)10-16(4)23(20)26/h5-12,21,25-26H,24H2,1-4H3. The highest BCUT2D eigenvalue weighted by Crippen LogP contribution is 2.43. The lowest BCUT2D eigenvalue weighted by atomic mass is 9.81. The first-order chi connectivity index (χ1) is 12.3. The third-order valence-corrected chi connectivity index (χ3v) is 4.84. The van der Waals surface area contributed by atoms with E-state index in [4.69, 9.17) is 5.73 Å². The van der Waals surface area contributed by atoms with E-state index in [0.29, 0.717) is 5.69 Å². The number of anilines is 1. The number of aromatic hydroxyl groups is 2. The first-order valence-corrected chi connectivity index (χ1v) is 8.73. The van der Waals surface area contributed by atoms with Gasteiger partial charge in [-0.2, -0.15) is 0 Å². The molecule has 0 saturated heterocycles. The quantitative estimate of drug-likeness (QED) is 0.456. The van der Waals surface area contributed by atoms with E-state index in [0.717, 1.165) is 38.9 Å². The van der Waals surface area contributed by atoms with Gasteiger partial charge in [-0.3, -0.25) is 0 Å². The molecule has 0 aliphatic heterocycles. The normalized spacial score (nSPS) is 11.1. The monoisotopic (exact) mass is 347 g/mol. The average molecular weight is 347 g/mol. The molecular formula is C23H25NO2. The third kappa shape index (κ3) is 3.25. The van der Waals surface area contributed by atoms with Crippen molar-refractivity contribution < 1.29 is 10.2 Å². The second kappa shape index (κ2) is 6.75. The maximum atomic E-state index is 10.8. The lowest BCUT2D eigenvalue weighted by Crippen LogP contribution is -2.07. The summed E-state index contributed by atoms with van der Waals surface area (Å²) in [4.78, 5) is 0. The molecule has 3 rings (SSSR count). The number of hydrogen-bond acceptors (Lipinski definition) is 3. The van der Waals surface area contributed by atoms with Gasteiger partial charge in [-0.15, -0.1) is 0 Å². The average Bonchev–Trinajstić information content (AvgIpc) is 2.58. The van der Waals surface area contributed by atoms with E-state index in [-0.39, 0.29) is 17.4 Å². The summed E-state index contributed by atoms with van der Waals surface area (Å²) in [5, 5.41) is 21.6. The van der Waals surface area contributed by atoms with E-state index in [1.807, 2.05) is 76.2 Å². The Morgan fingerprint density at radius 2 is 1.12 bits per heavy atom. The highest BCUT2D eigenvalue weighted by Gasteiger charge is 2.25. The molecule has 0 fully saturated rings. The largest absolute Gasteiger partial charge is 0.507 e. The van der Waals surface area contributed by atoms with E-state index in [9.17, 15) is 10.2 Å². The topological polar surface area (TPSA) is 66.5 Å². The number of rotatable bonds is 3. The minimum Gasteiger partial charge on any atom is -0.507 e. The summed E-state index contributed by atoms with van der Waals surface area (Å²) in [6, 6.07) is 15.5. The van der Waals surface area contributed by atoms with Crippen molar-refractivity contribution in [3.05, 3.63) is 87.5 Å². The van der Waals surface area contributed by atoms with Crippen LogP contribution in [0.15, 0.2) is 48.5 Å². The number of nitrogens with two attached hydrogens (primary N) is 1. The maximum Gasteiger partial charge on any atom is 0.122 e. The van der Waals surface area contributed by atoms with Crippen LogP contribution in [0.5, 0.6) is 11.5 Å². The summed E-state index contributed by atoms with van der Waals surface area (Å²) in [7, 11) is 0. The lowest BCUT2D eigenvalue weighted by Gasteiger charge is -2.23. The van der Waals surface area contributed by atoms with Crippen LogP contribution < -0.4 is 5.73 Å². The minimum absolute atomic E-state index is 0.260. The Labute approximate surface area is 154 Å². The van der Waals surface area contributed by atoms with Gasteiger partial charge in [0.25, 0.3) is 0 Å². The van der Waals surface area contributed by atoms with Gasteiger partial charge in [0.05, 0.1) is 0 Å². The van der Waals surface area contributed by atoms with Crippen LogP contribution in [0, 0.1) is 27.7 Å².